The van der Waals surface area contributed by atoms with E-state index in [9.17, 15) is 30.3 Å². The average Bonchev–Trinajstić information content (AvgIpc) is 3.73. The van der Waals surface area contributed by atoms with Gasteiger partial charge in [-0.3, -0.25) is 20.0 Å². The van der Waals surface area contributed by atoms with Gasteiger partial charge in [-0.05, 0) is 71.6 Å². The quantitative estimate of drug-likeness (QED) is 0.0810. The lowest BCUT2D eigenvalue weighted by Crippen LogP contribution is -3.11. The summed E-state index contributed by atoms with van der Waals surface area (Å²) in [6.45, 7) is 3.23. The minimum atomic E-state index is -1.06. The number of nitrogens with one attached hydrogen (secondary N) is 2. The van der Waals surface area contributed by atoms with Crippen molar-refractivity contribution in [2.45, 2.75) is 95.4 Å². The number of hydrogen-bond donors (Lipinski definition) is 8. The third-order valence-corrected chi connectivity index (χ3v) is 10.3. The molecule has 54 heavy (non-hydrogen) atoms. The van der Waals surface area contributed by atoms with Crippen molar-refractivity contribution in [3.8, 4) is 29.1 Å². The lowest BCUT2D eigenvalue weighted by Gasteiger charge is -2.24. The highest BCUT2D eigenvalue weighted by Crippen LogP contribution is 2.35. The minimum Gasteiger partial charge on any atom is -0.508 e. The molecule has 6 rings (SSSR count). The Bertz CT molecular complexity index is 1970. The fourth-order valence-corrected chi connectivity index (χ4v) is 7.27. The van der Waals surface area contributed by atoms with Gasteiger partial charge in [0.05, 0.1) is 18.4 Å². The molecule has 3 aliphatic rings. The van der Waals surface area contributed by atoms with Crippen molar-refractivity contribution in [3.05, 3.63) is 112 Å². The lowest BCUT2D eigenvalue weighted by molar-refractivity contribution is -0.885. The van der Waals surface area contributed by atoms with Crippen LogP contribution in [0.2, 0.25) is 0 Å². The van der Waals surface area contributed by atoms with Gasteiger partial charge in [0, 0.05) is 37.2 Å². The topological polar surface area (TPSA) is 182 Å². The maximum Gasteiger partial charge on any atom is 0.247 e. The summed E-state index contributed by atoms with van der Waals surface area (Å²) in [7, 11) is 0. The molecule has 0 fully saturated rings. The third kappa shape index (κ3) is 9.84. The average molecular weight is 736 g/mol. The van der Waals surface area contributed by atoms with E-state index in [1.807, 2.05) is 55.7 Å². The first-order valence-corrected chi connectivity index (χ1v) is 18.8. The van der Waals surface area contributed by atoms with E-state index < -0.39 is 24.5 Å². The monoisotopic (exact) mass is 735 g/mol. The Morgan fingerprint density at radius 1 is 1.07 bits per heavy atom. The number of aromatic hydroxyl groups is 2. The smallest absolute Gasteiger partial charge is 0.247 e. The number of ketones is 1. The van der Waals surface area contributed by atoms with Crippen LogP contribution in [0, 0.1) is 11.8 Å². The van der Waals surface area contributed by atoms with Crippen LogP contribution in [0.3, 0.4) is 0 Å². The van der Waals surface area contributed by atoms with E-state index in [1.165, 1.54) is 17.7 Å². The third-order valence-electron chi connectivity index (χ3n) is 10.3. The van der Waals surface area contributed by atoms with Gasteiger partial charge in [0.25, 0.3) is 0 Å². The Labute approximate surface area is 316 Å². The molecule has 0 saturated heterocycles. The number of rotatable bonds is 16. The van der Waals surface area contributed by atoms with Crippen LogP contribution in [0.4, 0.5) is 0 Å². The van der Waals surface area contributed by atoms with Crippen molar-refractivity contribution in [1.82, 2.24) is 5.32 Å². The van der Waals surface area contributed by atoms with Crippen LogP contribution in [0.1, 0.15) is 85.5 Å². The van der Waals surface area contributed by atoms with Crippen molar-refractivity contribution < 1.29 is 40.0 Å². The number of aliphatic hydroxyl groups is 3. The zero-order valence-corrected chi connectivity index (χ0v) is 30.7. The van der Waals surface area contributed by atoms with E-state index in [0.717, 1.165) is 45.7 Å². The standard InChI is InChI=1S/C43H50N4O7/c1-2-7-32(48)21-34(50)22-33(49)14-12-28-20-41(40(53)23-39(28)52)54-42-11-6-10-38(51)35-15-13-29(43(44)45-17-16-27-8-4-3-5-9-27)18-30(35)19-31-24-46-37-26-47(42)25-36(31)37/h3-5,8-9,13,15,18,20,23-24,26,32,34,38,42-43,45,48,50-53H,2,7,11-12,14,16-17,19,21-22,25,44H2,1H3/p+1/t32-,34+,38-,42+,43+/m0/s1. The molecule has 0 aliphatic carbocycles. The molecule has 9 N–H and O–H groups in total. The first kappa shape index (κ1) is 38.9. The number of aliphatic hydroxyl groups excluding tert-OH is 3. The molecule has 3 heterocycles. The number of nitrogens with two attached hydrogens (primary N) is 1. The Balaban J connectivity index is 1.16. The van der Waals surface area contributed by atoms with Crippen LogP contribution in [0.25, 0.3) is 0 Å². The number of benzene rings is 3. The van der Waals surface area contributed by atoms with E-state index in [-0.39, 0.29) is 61.3 Å². The molecule has 0 amide bonds. The molecule has 11 heteroatoms. The van der Waals surface area contributed by atoms with Gasteiger partial charge >= 0.3 is 0 Å². The minimum absolute atomic E-state index is 0.0591. The van der Waals surface area contributed by atoms with Crippen LogP contribution < -0.4 is 20.7 Å². The predicted molar refractivity (Wildman–Crippen MR) is 206 cm³/mol. The summed E-state index contributed by atoms with van der Waals surface area (Å²) >= 11 is 0. The second-order valence-corrected chi connectivity index (χ2v) is 14.4. The number of aryl methyl sites for hydroxylation is 1. The van der Waals surface area contributed by atoms with Crippen LogP contribution in [-0.4, -0.2) is 69.1 Å². The largest absolute Gasteiger partial charge is 0.508 e. The number of fused-ring (bicyclic) bond motifs is 2. The first-order valence-electron chi connectivity index (χ1n) is 18.8. The maximum absolute atomic E-state index is 12.6. The van der Waals surface area contributed by atoms with E-state index in [2.05, 4.69) is 29.3 Å². The van der Waals surface area contributed by atoms with Gasteiger partial charge in [-0.25, -0.2) is 0 Å². The number of carbonyl (C=O) groups is 1. The number of ether oxygens (including phenoxy) is 1. The zero-order valence-electron chi connectivity index (χ0n) is 30.7. The van der Waals surface area contributed by atoms with Crippen molar-refractivity contribution >= 4 is 12.0 Å². The van der Waals surface area contributed by atoms with Gasteiger partial charge in [0.1, 0.15) is 42.5 Å². The number of quaternary nitrogens is 1. The molecule has 11 nitrogen and oxygen atoms in total. The van der Waals surface area contributed by atoms with E-state index in [0.29, 0.717) is 37.1 Å². The Kier molecular flexibility index (Phi) is 13.0. The molecule has 3 aromatic carbocycles. The second kappa shape index (κ2) is 18.0. The summed E-state index contributed by atoms with van der Waals surface area (Å²) in [5, 5.41) is 56.4. The highest BCUT2D eigenvalue weighted by atomic mass is 16.5. The van der Waals surface area contributed by atoms with Crippen molar-refractivity contribution in [2.24, 2.45) is 10.7 Å². The Morgan fingerprint density at radius 3 is 2.69 bits per heavy atom. The molecule has 6 atom stereocenters. The number of allylic oxidation sites excluding steroid dienone is 1. The zero-order chi connectivity index (χ0) is 38.2. The van der Waals surface area contributed by atoms with Crippen molar-refractivity contribution in [1.29, 1.82) is 0 Å². The molecule has 3 aromatic rings. The van der Waals surface area contributed by atoms with Gasteiger partial charge in [0.2, 0.25) is 6.23 Å². The number of Topliss-reactive ketones (excluding diaryl/α,β-unsaturated/α-hetero) is 1. The van der Waals surface area contributed by atoms with Gasteiger partial charge in [-0.15, -0.1) is 0 Å². The van der Waals surface area contributed by atoms with Crippen molar-refractivity contribution in [2.75, 3.05) is 13.1 Å². The van der Waals surface area contributed by atoms with Crippen LogP contribution in [0.15, 0.2) is 88.7 Å². The fraction of sp³-hybridized carbons (Fsp3) is 0.395. The van der Waals surface area contributed by atoms with Gasteiger partial charge < -0.3 is 36.0 Å². The van der Waals surface area contributed by atoms with E-state index in [4.69, 9.17) is 15.5 Å². The molecular weight excluding hydrogens is 684 g/mol. The summed E-state index contributed by atoms with van der Waals surface area (Å²) in [6, 6.07) is 18.8. The van der Waals surface area contributed by atoms with Crippen molar-refractivity contribution in [3.63, 3.8) is 0 Å². The molecule has 3 aliphatic heterocycles. The van der Waals surface area contributed by atoms with Gasteiger partial charge in [-0.1, -0.05) is 73.7 Å². The van der Waals surface area contributed by atoms with E-state index >= 15 is 0 Å². The first-order chi connectivity index (χ1) is 26.1. The highest BCUT2D eigenvalue weighted by molar-refractivity contribution is 5.87. The fourth-order valence-electron chi connectivity index (χ4n) is 7.27. The second-order valence-electron chi connectivity index (χ2n) is 14.4. The van der Waals surface area contributed by atoms with E-state index in [1.54, 1.807) is 0 Å². The summed E-state index contributed by atoms with van der Waals surface area (Å²) < 4.78 is 6.39. The molecule has 1 unspecified atom stereocenters. The van der Waals surface area contributed by atoms with Crippen LogP contribution >= 0.6 is 0 Å². The van der Waals surface area contributed by atoms with Gasteiger partial charge in [0.15, 0.2) is 11.5 Å². The molecule has 2 bridgehead atoms. The summed E-state index contributed by atoms with van der Waals surface area (Å²) in [5.74, 6) is 5.61. The summed E-state index contributed by atoms with van der Waals surface area (Å²) in [6.07, 6.45) is 3.44. The number of aliphatic imine (C=N–C) groups is 1. The lowest BCUT2D eigenvalue weighted by atomic mass is 9.92. The Morgan fingerprint density at radius 2 is 1.89 bits per heavy atom. The number of phenolic OH excluding ortho intramolecular Hbond substituents is 2. The van der Waals surface area contributed by atoms with Crippen LogP contribution in [-0.2, 0) is 24.1 Å². The summed E-state index contributed by atoms with van der Waals surface area (Å²) in [5.41, 5.74) is 13.7. The predicted octanol–water partition coefficient (Wildman–Crippen LogP) is 3.20. The molecular formula is C43H51N4O7+. The number of carbonyl (C=O) groups excluding carboxylic acids is 1. The normalized spacial score (nSPS) is 20.5. The SMILES string of the molecule is CCC[C@H](O)C[C@@H](O)CC(=O)CCc1cc(O[C@@H]2CC#C[C@H](O)c3ccc([C@H](N)NCCc4ccccc4)cc3CC3=C4C[NH+]2C=C4N=C3)c(O)cc1O. The van der Waals surface area contributed by atoms with Gasteiger partial charge in [-0.2, -0.15) is 0 Å². The maximum atomic E-state index is 12.6. The number of hydrogen-bond acceptors (Lipinski definition) is 10. The molecule has 0 radical (unpaired) electrons. The summed E-state index contributed by atoms with van der Waals surface area (Å²) in [4.78, 5) is 18.3. The van der Waals surface area contributed by atoms with Crippen LogP contribution in [0.5, 0.6) is 17.2 Å². The molecule has 0 aromatic heterocycles. The molecule has 284 valence electrons. The molecule has 0 spiro atoms. The number of nitrogens with zero attached hydrogens (tertiary/aromatic N) is 1. The molecule has 0 saturated carbocycles. The Hall–Kier alpha value is -4.80. The highest BCUT2D eigenvalue weighted by Gasteiger charge is 2.35. The number of phenols is 2.